The molecule has 0 saturated heterocycles. The van der Waals surface area contributed by atoms with E-state index in [0.29, 0.717) is 22.9 Å². The van der Waals surface area contributed by atoms with Gasteiger partial charge in [0, 0.05) is 5.02 Å². The molecule has 2 rings (SSSR count). The van der Waals surface area contributed by atoms with E-state index in [2.05, 4.69) is 0 Å². The Hall–Kier alpha value is -1.02. The Morgan fingerprint density at radius 2 is 2.06 bits per heavy atom. The highest BCUT2D eigenvalue weighted by molar-refractivity contribution is 6.30. The number of carbonyl (C=O) groups is 1. The summed E-state index contributed by atoms with van der Waals surface area (Å²) in [6.45, 7) is 0.688. The molecule has 1 aromatic rings. The van der Waals surface area contributed by atoms with Gasteiger partial charge in [0.2, 0.25) is 0 Å². The lowest BCUT2D eigenvalue weighted by Crippen LogP contribution is -2.11. The van der Waals surface area contributed by atoms with Gasteiger partial charge in [0.25, 0.3) is 0 Å². The van der Waals surface area contributed by atoms with Gasteiger partial charge in [0.1, 0.15) is 5.75 Å². The minimum atomic E-state index is 0.533. The van der Waals surface area contributed by atoms with E-state index in [-0.39, 0.29) is 0 Å². The van der Waals surface area contributed by atoms with E-state index in [0.717, 1.165) is 18.6 Å². The monoisotopic (exact) mass is 266 g/mol. The fourth-order valence-corrected chi connectivity index (χ4v) is 2.73. The fraction of sp³-hybridized carbons (Fsp3) is 0.533. The molecule has 2 nitrogen and oxygen atoms in total. The lowest BCUT2D eigenvalue weighted by atomic mass is 9.87. The van der Waals surface area contributed by atoms with Crippen LogP contribution in [0.5, 0.6) is 5.75 Å². The first-order valence-corrected chi connectivity index (χ1v) is 7.05. The second-order valence-electron chi connectivity index (χ2n) is 4.94. The number of hydrogen-bond donors (Lipinski definition) is 0. The van der Waals surface area contributed by atoms with Gasteiger partial charge in [-0.1, -0.05) is 43.7 Å². The van der Waals surface area contributed by atoms with E-state index in [1.54, 1.807) is 18.2 Å². The third-order valence-electron chi connectivity index (χ3n) is 3.61. The Labute approximate surface area is 113 Å². The quantitative estimate of drug-likeness (QED) is 0.734. The summed E-state index contributed by atoms with van der Waals surface area (Å²) >= 11 is 5.84. The number of halogens is 1. The number of aldehydes is 1. The lowest BCUT2D eigenvalue weighted by Gasteiger charge is -2.21. The molecule has 0 aliphatic heterocycles. The highest BCUT2D eigenvalue weighted by Gasteiger charge is 2.13. The van der Waals surface area contributed by atoms with Crippen LogP contribution in [0.25, 0.3) is 0 Å². The van der Waals surface area contributed by atoms with Gasteiger partial charge in [-0.25, -0.2) is 0 Å². The summed E-state index contributed by atoms with van der Waals surface area (Å²) in [4.78, 5) is 10.9. The molecule has 0 heterocycles. The maximum absolute atomic E-state index is 10.9. The highest BCUT2D eigenvalue weighted by Crippen LogP contribution is 2.27. The van der Waals surface area contributed by atoms with Gasteiger partial charge in [0.05, 0.1) is 12.2 Å². The van der Waals surface area contributed by atoms with Gasteiger partial charge in [-0.2, -0.15) is 0 Å². The predicted octanol–water partition coefficient (Wildman–Crippen LogP) is 4.50. The van der Waals surface area contributed by atoms with Crippen molar-refractivity contribution in [3.8, 4) is 5.75 Å². The van der Waals surface area contributed by atoms with E-state index in [1.165, 1.54) is 32.1 Å². The number of benzene rings is 1. The van der Waals surface area contributed by atoms with E-state index in [9.17, 15) is 4.79 Å². The summed E-state index contributed by atoms with van der Waals surface area (Å²) in [5.74, 6) is 1.44. The summed E-state index contributed by atoms with van der Waals surface area (Å²) in [5.41, 5.74) is 0.533. The summed E-state index contributed by atoms with van der Waals surface area (Å²) in [6, 6.07) is 5.17. The SMILES string of the molecule is O=Cc1cc(Cl)ccc1OCCC1CCCCC1. The molecule has 1 aliphatic rings. The largest absolute Gasteiger partial charge is 0.493 e. The van der Waals surface area contributed by atoms with E-state index in [4.69, 9.17) is 16.3 Å². The third-order valence-corrected chi connectivity index (χ3v) is 3.84. The minimum Gasteiger partial charge on any atom is -0.493 e. The van der Waals surface area contributed by atoms with Crippen molar-refractivity contribution in [1.82, 2.24) is 0 Å². The summed E-state index contributed by atoms with van der Waals surface area (Å²) in [7, 11) is 0. The normalized spacial score (nSPS) is 16.5. The zero-order valence-corrected chi connectivity index (χ0v) is 11.3. The molecular weight excluding hydrogens is 248 g/mol. The molecule has 0 radical (unpaired) electrons. The zero-order valence-electron chi connectivity index (χ0n) is 10.5. The van der Waals surface area contributed by atoms with E-state index < -0.39 is 0 Å². The topological polar surface area (TPSA) is 26.3 Å². The number of rotatable bonds is 5. The number of hydrogen-bond acceptors (Lipinski definition) is 2. The molecule has 0 bridgehead atoms. The highest BCUT2D eigenvalue weighted by atomic mass is 35.5. The molecule has 18 heavy (non-hydrogen) atoms. The zero-order chi connectivity index (χ0) is 12.8. The van der Waals surface area contributed by atoms with Crippen LogP contribution in [0.1, 0.15) is 48.9 Å². The van der Waals surface area contributed by atoms with Crippen molar-refractivity contribution in [1.29, 1.82) is 0 Å². The Morgan fingerprint density at radius 1 is 1.28 bits per heavy atom. The third kappa shape index (κ3) is 3.74. The molecule has 0 aromatic heterocycles. The van der Waals surface area contributed by atoms with Crippen LogP contribution in [0.4, 0.5) is 0 Å². The maximum atomic E-state index is 10.9. The Morgan fingerprint density at radius 3 is 2.78 bits per heavy atom. The molecule has 1 saturated carbocycles. The smallest absolute Gasteiger partial charge is 0.153 e. The second kappa shape index (κ2) is 6.79. The molecule has 0 N–H and O–H groups in total. The van der Waals surface area contributed by atoms with Crippen molar-refractivity contribution in [3.05, 3.63) is 28.8 Å². The van der Waals surface area contributed by atoms with Gasteiger partial charge >= 0.3 is 0 Å². The number of ether oxygens (including phenoxy) is 1. The van der Waals surface area contributed by atoms with Crippen LogP contribution in [0.3, 0.4) is 0 Å². The summed E-state index contributed by atoms with van der Waals surface area (Å²) in [6.07, 6.45) is 8.61. The maximum Gasteiger partial charge on any atom is 0.153 e. The Bertz CT molecular complexity index is 397. The van der Waals surface area contributed by atoms with E-state index >= 15 is 0 Å². The molecule has 3 heteroatoms. The van der Waals surface area contributed by atoms with Gasteiger partial charge in [-0.3, -0.25) is 4.79 Å². The molecule has 98 valence electrons. The second-order valence-corrected chi connectivity index (χ2v) is 5.38. The van der Waals surface area contributed by atoms with Crippen LogP contribution in [-0.4, -0.2) is 12.9 Å². The van der Waals surface area contributed by atoms with Gasteiger partial charge in [-0.15, -0.1) is 0 Å². The molecular formula is C15H19ClO2. The lowest BCUT2D eigenvalue weighted by molar-refractivity contribution is 0.111. The van der Waals surface area contributed by atoms with Crippen molar-refractivity contribution >= 4 is 17.9 Å². The van der Waals surface area contributed by atoms with Crippen molar-refractivity contribution in [2.24, 2.45) is 5.92 Å². The molecule has 0 unspecified atom stereocenters. The first-order valence-electron chi connectivity index (χ1n) is 6.67. The first-order chi connectivity index (χ1) is 8.79. The molecule has 0 amide bonds. The van der Waals surface area contributed by atoms with Crippen molar-refractivity contribution in [2.75, 3.05) is 6.61 Å². The average Bonchev–Trinajstić information content (AvgIpc) is 2.41. The predicted molar refractivity (Wildman–Crippen MR) is 73.5 cm³/mol. The standard InChI is InChI=1S/C15H19ClO2/c16-14-6-7-15(13(10-14)11-17)18-9-8-12-4-2-1-3-5-12/h6-7,10-12H,1-5,8-9H2. The Balaban J connectivity index is 1.84. The Kier molecular flexibility index (Phi) is 5.06. The van der Waals surface area contributed by atoms with Crippen LogP contribution in [0.15, 0.2) is 18.2 Å². The van der Waals surface area contributed by atoms with Crippen molar-refractivity contribution in [3.63, 3.8) is 0 Å². The van der Waals surface area contributed by atoms with Crippen molar-refractivity contribution < 1.29 is 9.53 Å². The van der Waals surface area contributed by atoms with Gasteiger partial charge in [0.15, 0.2) is 6.29 Å². The van der Waals surface area contributed by atoms with Crippen LogP contribution >= 0.6 is 11.6 Å². The molecule has 0 spiro atoms. The summed E-state index contributed by atoms with van der Waals surface area (Å²) in [5, 5.41) is 0.566. The fourth-order valence-electron chi connectivity index (χ4n) is 2.55. The average molecular weight is 267 g/mol. The molecule has 1 aliphatic carbocycles. The van der Waals surface area contributed by atoms with Crippen LogP contribution < -0.4 is 4.74 Å². The first kappa shape index (κ1) is 13.4. The van der Waals surface area contributed by atoms with Crippen LogP contribution in [0, 0.1) is 5.92 Å². The summed E-state index contributed by atoms with van der Waals surface area (Å²) < 4.78 is 5.70. The van der Waals surface area contributed by atoms with Crippen LogP contribution in [-0.2, 0) is 0 Å². The number of carbonyl (C=O) groups excluding carboxylic acids is 1. The molecule has 0 atom stereocenters. The molecule has 1 aromatic carbocycles. The van der Waals surface area contributed by atoms with E-state index in [1.807, 2.05) is 0 Å². The van der Waals surface area contributed by atoms with Crippen LogP contribution in [0.2, 0.25) is 5.02 Å². The molecule has 1 fully saturated rings. The minimum absolute atomic E-state index is 0.533. The van der Waals surface area contributed by atoms with Crippen molar-refractivity contribution in [2.45, 2.75) is 38.5 Å². The van der Waals surface area contributed by atoms with Gasteiger partial charge < -0.3 is 4.74 Å². The van der Waals surface area contributed by atoms with Gasteiger partial charge in [-0.05, 0) is 30.5 Å².